The first-order valence-corrected chi connectivity index (χ1v) is 7.50. The van der Waals surface area contributed by atoms with Crippen molar-refractivity contribution in [2.75, 3.05) is 5.32 Å². The van der Waals surface area contributed by atoms with Crippen LogP contribution in [0.5, 0.6) is 0 Å². The highest BCUT2D eigenvalue weighted by atomic mass is 16.1. The minimum atomic E-state index is -0.213. The van der Waals surface area contributed by atoms with Crippen LogP contribution in [0, 0.1) is 6.92 Å². The van der Waals surface area contributed by atoms with Crippen molar-refractivity contribution in [1.82, 2.24) is 20.0 Å². The van der Waals surface area contributed by atoms with Crippen molar-refractivity contribution < 1.29 is 4.79 Å². The summed E-state index contributed by atoms with van der Waals surface area (Å²) < 4.78 is 1.59. The number of anilines is 1. The molecule has 6 nitrogen and oxygen atoms in total. The number of rotatable bonds is 5. The summed E-state index contributed by atoms with van der Waals surface area (Å²) in [5.74, 6) is 0.314. The van der Waals surface area contributed by atoms with Crippen molar-refractivity contribution >= 4 is 11.7 Å². The van der Waals surface area contributed by atoms with Gasteiger partial charge in [0.15, 0.2) is 5.82 Å². The number of nitrogens with zero attached hydrogens (tertiary/aromatic N) is 3. The van der Waals surface area contributed by atoms with Crippen molar-refractivity contribution in [3.05, 3.63) is 65.1 Å². The minimum Gasteiger partial charge on any atom is -0.305 e. The van der Waals surface area contributed by atoms with Gasteiger partial charge in [-0.3, -0.25) is 14.6 Å². The lowest BCUT2D eigenvalue weighted by Crippen LogP contribution is -2.11. The van der Waals surface area contributed by atoms with Crippen molar-refractivity contribution in [1.29, 1.82) is 0 Å². The van der Waals surface area contributed by atoms with Crippen LogP contribution in [0.2, 0.25) is 0 Å². The summed E-state index contributed by atoms with van der Waals surface area (Å²) in [5.41, 5.74) is 4.12. The molecule has 0 aliphatic heterocycles. The fourth-order valence-corrected chi connectivity index (χ4v) is 2.44. The molecule has 0 bridgehead atoms. The maximum atomic E-state index is 12.0. The number of aromatic nitrogens is 4. The van der Waals surface area contributed by atoms with Crippen LogP contribution in [0.3, 0.4) is 0 Å². The smallest absolute Gasteiger partial charge is 0.260 e. The van der Waals surface area contributed by atoms with E-state index in [4.69, 9.17) is 0 Å². The van der Waals surface area contributed by atoms with Gasteiger partial charge in [-0.15, -0.1) is 0 Å². The van der Waals surface area contributed by atoms with Gasteiger partial charge in [-0.25, -0.2) is 0 Å². The highest BCUT2D eigenvalue weighted by molar-refractivity contribution is 6.03. The van der Waals surface area contributed by atoms with Gasteiger partial charge in [0.05, 0.1) is 11.8 Å². The summed E-state index contributed by atoms with van der Waals surface area (Å²) in [6, 6.07) is 10.2. The van der Waals surface area contributed by atoms with E-state index in [2.05, 4.69) is 45.7 Å². The van der Waals surface area contributed by atoms with E-state index in [9.17, 15) is 4.79 Å². The number of hydrogen-bond acceptors (Lipinski definition) is 3. The van der Waals surface area contributed by atoms with Crippen LogP contribution in [0.4, 0.5) is 5.82 Å². The van der Waals surface area contributed by atoms with Crippen LogP contribution < -0.4 is 5.32 Å². The van der Waals surface area contributed by atoms with Crippen LogP contribution in [0.25, 0.3) is 0 Å². The van der Waals surface area contributed by atoms with E-state index in [0.717, 1.165) is 18.5 Å². The summed E-state index contributed by atoms with van der Waals surface area (Å²) in [6.07, 6.45) is 4.98. The van der Waals surface area contributed by atoms with E-state index in [1.54, 1.807) is 17.9 Å². The normalized spacial score (nSPS) is 10.7. The van der Waals surface area contributed by atoms with E-state index < -0.39 is 0 Å². The third-order valence-electron chi connectivity index (χ3n) is 3.76. The average Bonchev–Trinajstić information content (AvgIpc) is 3.15. The molecule has 3 rings (SSSR count). The molecule has 118 valence electrons. The number of carbonyl (C=O) groups is 1. The molecule has 2 heterocycles. The predicted octanol–water partition coefficient (Wildman–Crippen LogP) is 2.49. The highest BCUT2D eigenvalue weighted by Crippen LogP contribution is 2.13. The Labute approximate surface area is 134 Å². The molecule has 2 N–H and O–H groups in total. The maximum absolute atomic E-state index is 12.0. The van der Waals surface area contributed by atoms with Crippen molar-refractivity contribution in [3.8, 4) is 0 Å². The minimum absolute atomic E-state index is 0.213. The lowest BCUT2D eigenvalue weighted by molar-refractivity contribution is 0.102. The number of H-pyrrole nitrogens is 1. The molecule has 1 amide bonds. The van der Waals surface area contributed by atoms with E-state index in [0.29, 0.717) is 11.4 Å². The summed E-state index contributed by atoms with van der Waals surface area (Å²) in [5, 5.41) is 13.9. The number of hydrogen-bond donors (Lipinski definition) is 2. The molecular formula is C17H19N5O. The Kier molecular flexibility index (Phi) is 4.23. The van der Waals surface area contributed by atoms with Gasteiger partial charge < -0.3 is 5.32 Å². The van der Waals surface area contributed by atoms with Crippen molar-refractivity contribution in [2.24, 2.45) is 7.05 Å². The molecule has 3 aromatic rings. The third kappa shape index (κ3) is 3.66. The number of nitrogens with one attached hydrogen (secondary N) is 2. The molecule has 0 aliphatic rings. The van der Waals surface area contributed by atoms with Gasteiger partial charge in [0.25, 0.3) is 5.91 Å². The third-order valence-corrected chi connectivity index (χ3v) is 3.76. The van der Waals surface area contributed by atoms with Crippen LogP contribution in [0.15, 0.2) is 42.7 Å². The molecule has 1 aromatic carbocycles. The van der Waals surface area contributed by atoms with Gasteiger partial charge in [0.1, 0.15) is 0 Å². The SMILES string of the molecule is Cc1ccccc1CCc1cc(NC(=O)c2cnn(C)c2)n[nH]1. The zero-order valence-electron chi connectivity index (χ0n) is 13.2. The van der Waals surface area contributed by atoms with Crippen molar-refractivity contribution in [3.63, 3.8) is 0 Å². The Hall–Kier alpha value is -2.89. The molecule has 0 aliphatic carbocycles. The zero-order chi connectivity index (χ0) is 16.2. The maximum Gasteiger partial charge on any atom is 0.260 e. The lowest BCUT2D eigenvalue weighted by atomic mass is 10.0. The summed E-state index contributed by atoms with van der Waals surface area (Å²) in [4.78, 5) is 12.0. The Morgan fingerprint density at radius 2 is 2.13 bits per heavy atom. The first-order chi connectivity index (χ1) is 11.1. The van der Waals surface area contributed by atoms with E-state index >= 15 is 0 Å². The lowest BCUT2D eigenvalue weighted by Gasteiger charge is -2.03. The van der Waals surface area contributed by atoms with E-state index in [-0.39, 0.29) is 5.91 Å². The number of carbonyl (C=O) groups excluding carboxylic acids is 1. The Morgan fingerprint density at radius 1 is 1.30 bits per heavy atom. The van der Waals surface area contributed by atoms with Crippen LogP contribution in [0.1, 0.15) is 27.2 Å². The molecule has 0 saturated carbocycles. The first-order valence-electron chi connectivity index (χ1n) is 7.50. The topological polar surface area (TPSA) is 75.6 Å². The molecule has 6 heteroatoms. The zero-order valence-corrected chi connectivity index (χ0v) is 13.2. The molecule has 0 fully saturated rings. The number of amides is 1. The molecule has 2 aromatic heterocycles. The van der Waals surface area contributed by atoms with Gasteiger partial charge in [0, 0.05) is 25.0 Å². The molecule has 0 radical (unpaired) electrons. The second-order valence-electron chi connectivity index (χ2n) is 5.56. The van der Waals surface area contributed by atoms with Crippen LogP contribution in [-0.2, 0) is 19.9 Å². The molecule has 0 atom stereocenters. The van der Waals surface area contributed by atoms with Gasteiger partial charge in [0.2, 0.25) is 0 Å². The second-order valence-corrected chi connectivity index (χ2v) is 5.56. The van der Waals surface area contributed by atoms with Gasteiger partial charge in [-0.2, -0.15) is 10.2 Å². The molecule has 0 unspecified atom stereocenters. The first kappa shape index (κ1) is 15.0. The number of aromatic amines is 1. The van der Waals surface area contributed by atoms with Gasteiger partial charge >= 0.3 is 0 Å². The fraction of sp³-hybridized carbons (Fsp3) is 0.235. The van der Waals surface area contributed by atoms with Crippen LogP contribution >= 0.6 is 0 Å². The molecule has 0 saturated heterocycles. The largest absolute Gasteiger partial charge is 0.305 e. The fourth-order valence-electron chi connectivity index (χ4n) is 2.44. The summed E-state index contributed by atoms with van der Waals surface area (Å²) >= 11 is 0. The summed E-state index contributed by atoms with van der Waals surface area (Å²) in [7, 11) is 1.77. The monoisotopic (exact) mass is 309 g/mol. The number of benzene rings is 1. The standard InChI is InChI=1S/C17H19N5O/c1-12-5-3-4-6-13(12)7-8-15-9-16(21-20-15)19-17(23)14-10-18-22(2)11-14/h3-6,9-11H,7-8H2,1-2H3,(H2,19,20,21,23). The predicted molar refractivity (Wildman–Crippen MR) is 88.3 cm³/mol. The van der Waals surface area contributed by atoms with Gasteiger partial charge in [-0.05, 0) is 30.9 Å². The van der Waals surface area contributed by atoms with Gasteiger partial charge in [-0.1, -0.05) is 24.3 Å². The highest BCUT2D eigenvalue weighted by Gasteiger charge is 2.10. The Balaban J connectivity index is 1.60. The van der Waals surface area contributed by atoms with E-state index in [1.165, 1.54) is 17.3 Å². The Morgan fingerprint density at radius 3 is 2.87 bits per heavy atom. The quantitative estimate of drug-likeness (QED) is 0.760. The second kappa shape index (κ2) is 6.48. The molecule has 23 heavy (non-hydrogen) atoms. The van der Waals surface area contributed by atoms with E-state index in [1.807, 2.05) is 12.1 Å². The Bertz CT molecular complexity index is 818. The van der Waals surface area contributed by atoms with Crippen molar-refractivity contribution in [2.45, 2.75) is 19.8 Å². The summed E-state index contributed by atoms with van der Waals surface area (Å²) in [6.45, 7) is 2.11. The van der Waals surface area contributed by atoms with Crippen LogP contribution in [-0.4, -0.2) is 25.9 Å². The molecular weight excluding hydrogens is 290 g/mol. The molecule has 0 spiro atoms. The number of aryl methyl sites for hydroxylation is 4. The average molecular weight is 309 g/mol.